The third kappa shape index (κ3) is 4.59. The van der Waals surface area contributed by atoms with E-state index in [0.29, 0.717) is 16.7 Å². The zero-order valence-corrected chi connectivity index (χ0v) is 12.3. The van der Waals surface area contributed by atoms with Crippen LogP contribution >= 0.6 is 0 Å². The number of nitrogens with two attached hydrogens (primary N) is 1. The average molecular weight is 240 g/mol. The van der Waals surface area contributed by atoms with E-state index in [0.717, 1.165) is 19.6 Å². The molecule has 0 heterocycles. The van der Waals surface area contributed by atoms with Crippen LogP contribution in [0.4, 0.5) is 0 Å². The summed E-state index contributed by atoms with van der Waals surface area (Å²) >= 11 is 0. The standard InChI is InChI=1S/C15H32N2/c1-13(14(2,3)4)10-17-12-15(11-16)8-6-5-7-9-15/h13,17H,5-12,16H2,1-4H3. The second-order valence-corrected chi connectivity index (χ2v) is 7.16. The van der Waals surface area contributed by atoms with Gasteiger partial charge >= 0.3 is 0 Å². The molecule has 0 saturated heterocycles. The Morgan fingerprint density at radius 1 is 1.18 bits per heavy atom. The Morgan fingerprint density at radius 3 is 2.24 bits per heavy atom. The van der Waals surface area contributed by atoms with Gasteiger partial charge in [-0.25, -0.2) is 0 Å². The third-order valence-electron chi connectivity index (χ3n) is 4.78. The van der Waals surface area contributed by atoms with E-state index in [2.05, 4.69) is 33.0 Å². The van der Waals surface area contributed by atoms with Crippen LogP contribution in [0.5, 0.6) is 0 Å². The molecule has 1 aliphatic carbocycles. The van der Waals surface area contributed by atoms with Crippen molar-refractivity contribution in [3.63, 3.8) is 0 Å². The quantitative estimate of drug-likeness (QED) is 0.774. The smallest absolute Gasteiger partial charge is 0.00200 e. The first-order valence-electron chi connectivity index (χ1n) is 7.30. The van der Waals surface area contributed by atoms with Crippen molar-refractivity contribution < 1.29 is 0 Å². The number of hydrogen-bond acceptors (Lipinski definition) is 2. The molecule has 1 saturated carbocycles. The van der Waals surface area contributed by atoms with Crippen LogP contribution in [-0.2, 0) is 0 Å². The van der Waals surface area contributed by atoms with Crippen LogP contribution in [0.1, 0.15) is 59.8 Å². The molecule has 0 spiro atoms. The molecule has 1 aliphatic rings. The van der Waals surface area contributed by atoms with Crippen LogP contribution in [0.15, 0.2) is 0 Å². The Hall–Kier alpha value is -0.0800. The molecule has 0 aromatic carbocycles. The minimum Gasteiger partial charge on any atom is -0.330 e. The number of nitrogens with one attached hydrogen (secondary N) is 1. The van der Waals surface area contributed by atoms with E-state index in [1.165, 1.54) is 32.1 Å². The molecular formula is C15H32N2. The zero-order valence-electron chi connectivity index (χ0n) is 12.3. The molecular weight excluding hydrogens is 208 g/mol. The summed E-state index contributed by atoms with van der Waals surface area (Å²) in [6.45, 7) is 12.4. The van der Waals surface area contributed by atoms with Crippen molar-refractivity contribution in [1.29, 1.82) is 0 Å². The highest BCUT2D eigenvalue weighted by Gasteiger charge is 2.30. The van der Waals surface area contributed by atoms with E-state index in [1.807, 2.05) is 0 Å². The van der Waals surface area contributed by atoms with Crippen molar-refractivity contribution in [1.82, 2.24) is 5.32 Å². The van der Waals surface area contributed by atoms with Gasteiger partial charge in [0.1, 0.15) is 0 Å². The van der Waals surface area contributed by atoms with Gasteiger partial charge in [-0.05, 0) is 42.7 Å². The first-order valence-corrected chi connectivity index (χ1v) is 7.30. The molecule has 2 heteroatoms. The molecule has 0 aliphatic heterocycles. The van der Waals surface area contributed by atoms with Crippen LogP contribution in [-0.4, -0.2) is 19.6 Å². The normalized spacial score (nSPS) is 22.4. The predicted molar refractivity (Wildman–Crippen MR) is 76.1 cm³/mol. The summed E-state index contributed by atoms with van der Waals surface area (Å²) in [4.78, 5) is 0. The lowest BCUT2D eigenvalue weighted by Gasteiger charge is -2.37. The average Bonchev–Trinajstić information content (AvgIpc) is 2.29. The minimum atomic E-state index is 0.398. The summed E-state index contributed by atoms with van der Waals surface area (Å²) in [5.41, 5.74) is 6.80. The van der Waals surface area contributed by atoms with Gasteiger partial charge < -0.3 is 11.1 Å². The van der Waals surface area contributed by atoms with Gasteiger partial charge in [0, 0.05) is 6.54 Å². The molecule has 1 fully saturated rings. The molecule has 1 unspecified atom stereocenters. The highest BCUT2D eigenvalue weighted by molar-refractivity contribution is 4.86. The van der Waals surface area contributed by atoms with Crippen molar-refractivity contribution in [2.24, 2.45) is 22.5 Å². The molecule has 2 nitrogen and oxygen atoms in total. The van der Waals surface area contributed by atoms with Crippen LogP contribution in [0, 0.1) is 16.7 Å². The number of rotatable bonds is 5. The summed E-state index contributed by atoms with van der Waals surface area (Å²) in [5.74, 6) is 0.709. The van der Waals surface area contributed by atoms with Crippen LogP contribution in [0.2, 0.25) is 0 Å². The summed E-state index contributed by atoms with van der Waals surface area (Å²) in [5, 5.41) is 3.67. The molecule has 102 valence electrons. The van der Waals surface area contributed by atoms with Crippen LogP contribution < -0.4 is 11.1 Å². The van der Waals surface area contributed by atoms with E-state index in [9.17, 15) is 0 Å². The van der Waals surface area contributed by atoms with Gasteiger partial charge in [-0.3, -0.25) is 0 Å². The molecule has 1 rings (SSSR count). The lowest BCUT2D eigenvalue weighted by molar-refractivity contribution is 0.177. The maximum absolute atomic E-state index is 6.00. The topological polar surface area (TPSA) is 38.0 Å². The van der Waals surface area contributed by atoms with Crippen molar-refractivity contribution in [3.05, 3.63) is 0 Å². The van der Waals surface area contributed by atoms with Gasteiger partial charge in [0.25, 0.3) is 0 Å². The molecule has 3 N–H and O–H groups in total. The molecule has 0 bridgehead atoms. The Balaban J connectivity index is 2.33. The maximum Gasteiger partial charge on any atom is 0.00200 e. The van der Waals surface area contributed by atoms with Crippen molar-refractivity contribution in [2.75, 3.05) is 19.6 Å². The van der Waals surface area contributed by atoms with Crippen molar-refractivity contribution >= 4 is 0 Å². The largest absolute Gasteiger partial charge is 0.330 e. The van der Waals surface area contributed by atoms with Gasteiger partial charge in [0.05, 0.1) is 0 Å². The van der Waals surface area contributed by atoms with E-state index in [4.69, 9.17) is 5.73 Å². The highest BCUT2D eigenvalue weighted by Crippen LogP contribution is 2.34. The Morgan fingerprint density at radius 2 is 1.76 bits per heavy atom. The molecule has 0 amide bonds. The molecule has 1 atom stereocenters. The van der Waals surface area contributed by atoms with E-state index in [1.54, 1.807) is 0 Å². The van der Waals surface area contributed by atoms with Crippen molar-refractivity contribution in [3.8, 4) is 0 Å². The highest BCUT2D eigenvalue weighted by atomic mass is 14.9. The van der Waals surface area contributed by atoms with Gasteiger partial charge in [-0.15, -0.1) is 0 Å². The molecule has 0 aromatic heterocycles. The second kappa shape index (κ2) is 6.19. The van der Waals surface area contributed by atoms with E-state index >= 15 is 0 Å². The predicted octanol–water partition coefficient (Wildman–Crippen LogP) is 3.17. The fourth-order valence-corrected chi connectivity index (χ4v) is 2.61. The van der Waals surface area contributed by atoms with Crippen molar-refractivity contribution in [2.45, 2.75) is 59.8 Å². The Kier molecular flexibility index (Phi) is 5.46. The Labute approximate surface area is 108 Å². The zero-order chi connectivity index (χ0) is 12.9. The summed E-state index contributed by atoms with van der Waals surface area (Å²) in [7, 11) is 0. The van der Waals surface area contributed by atoms with Gasteiger partial charge in [-0.2, -0.15) is 0 Å². The van der Waals surface area contributed by atoms with Gasteiger partial charge in [0.2, 0.25) is 0 Å². The van der Waals surface area contributed by atoms with Crippen LogP contribution in [0.3, 0.4) is 0 Å². The monoisotopic (exact) mass is 240 g/mol. The van der Waals surface area contributed by atoms with Gasteiger partial charge in [-0.1, -0.05) is 47.0 Å². The first-order chi connectivity index (χ1) is 7.90. The molecule has 0 aromatic rings. The second-order valence-electron chi connectivity index (χ2n) is 7.16. The van der Waals surface area contributed by atoms with Crippen LogP contribution in [0.25, 0.3) is 0 Å². The summed E-state index contributed by atoms with van der Waals surface area (Å²) in [6, 6.07) is 0. The fourth-order valence-electron chi connectivity index (χ4n) is 2.61. The third-order valence-corrected chi connectivity index (χ3v) is 4.78. The molecule has 17 heavy (non-hydrogen) atoms. The lowest BCUT2D eigenvalue weighted by Crippen LogP contribution is -2.43. The van der Waals surface area contributed by atoms with Gasteiger partial charge in [0.15, 0.2) is 0 Å². The Bertz CT molecular complexity index is 211. The lowest BCUT2D eigenvalue weighted by atomic mass is 9.74. The summed E-state index contributed by atoms with van der Waals surface area (Å²) < 4.78 is 0. The fraction of sp³-hybridized carbons (Fsp3) is 1.00. The first kappa shape index (κ1) is 15.0. The summed E-state index contributed by atoms with van der Waals surface area (Å²) in [6.07, 6.45) is 6.78. The van der Waals surface area contributed by atoms with E-state index < -0.39 is 0 Å². The SMILES string of the molecule is CC(CNCC1(CN)CCCCC1)C(C)(C)C. The maximum atomic E-state index is 6.00. The number of hydrogen-bond donors (Lipinski definition) is 2. The van der Waals surface area contributed by atoms with E-state index in [-0.39, 0.29) is 0 Å². The molecule has 0 radical (unpaired) electrons. The minimum absolute atomic E-state index is 0.398.